The zero-order chi connectivity index (χ0) is 14.4. The van der Waals surface area contributed by atoms with Crippen molar-refractivity contribution in [3.05, 3.63) is 42.0 Å². The molecule has 102 valence electrons. The third kappa shape index (κ3) is 4.06. The minimum Gasteiger partial charge on any atom is -0.478 e. The molecule has 0 atom stereocenters. The van der Waals surface area contributed by atoms with Gasteiger partial charge in [0.1, 0.15) is 11.6 Å². The maximum atomic E-state index is 13.4. The van der Waals surface area contributed by atoms with Crippen LogP contribution in [-0.4, -0.2) is 23.7 Å². The molecule has 0 spiro atoms. The molecular formula is C12H12F2N2O3. The number of rotatable bonds is 5. The van der Waals surface area contributed by atoms with Crippen molar-refractivity contribution >= 4 is 17.7 Å². The van der Waals surface area contributed by atoms with E-state index < -0.39 is 34.9 Å². The summed E-state index contributed by atoms with van der Waals surface area (Å²) in [5.74, 6) is -3.81. The smallest absolute Gasteiger partial charge is 0.338 e. The minimum atomic E-state index is -1.55. The molecule has 7 heteroatoms. The number of carboxylic acids is 1. The third-order valence-electron chi connectivity index (χ3n) is 2.17. The van der Waals surface area contributed by atoms with Gasteiger partial charge in [-0.25, -0.2) is 18.4 Å². The molecule has 2 amide bonds. The molecule has 1 aromatic carbocycles. The summed E-state index contributed by atoms with van der Waals surface area (Å²) in [7, 11) is 0. The van der Waals surface area contributed by atoms with Crippen molar-refractivity contribution in [2.75, 3.05) is 11.9 Å². The average Bonchev–Trinajstić information content (AvgIpc) is 2.32. The maximum Gasteiger partial charge on any atom is 0.338 e. The van der Waals surface area contributed by atoms with Crippen molar-refractivity contribution in [1.29, 1.82) is 0 Å². The fourth-order valence-electron chi connectivity index (χ4n) is 1.26. The standard InChI is InChI=1S/C12H12F2N2O3/c1-2-3-4-15-12(19)16-10-5-7(11(17)18)8(13)6-9(10)14/h2,5-6H,1,3-4H2,(H,17,18)(H2,15,16,19). The number of halogens is 2. The normalized spacial score (nSPS) is 9.79. The average molecular weight is 270 g/mol. The lowest BCUT2D eigenvalue weighted by Crippen LogP contribution is -2.29. The van der Waals surface area contributed by atoms with E-state index in [1.54, 1.807) is 6.08 Å². The van der Waals surface area contributed by atoms with Gasteiger partial charge in [0.15, 0.2) is 0 Å². The Bertz CT molecular complexity index is 518. The summed E-state index contributed by atoms with van der Waals surface area (Å²) in [6.07, 6.45) is 2.11. The molecule has 0 aromatic heterocycles. The SMILES string of the molecule is C=CCCNC(=O)Nc1cc(C(=O)O)c(F)cc1F. The van der Waals surface area contributed by atoms with Crippen molar-refractivity contribution in [2.24, 2.45) is 0 Å². The van der Waals surface area contributed by atoms with Crippen LogP contribution in [0.3, 0.4) is 0 Å². The minimum absolute atomic E-state index is 0.296. The number of benzene rings is 1. The molecule has 0 fully saturated rings. The Balaban J connectivity index is 2.83. The first kappa shape index (κ1) is 14.6. The first-order valence-corrected chi connectivity index (χ1v) is 5.33. The molecule has 1 aromatic rings. The Labute approximate surface area is 107 Å². The van der Waals surface area contributed by atoms with E-state index in [1.807, 2.05) is 0 Å². The number of hydrogen-bond acceptors (Lipinski definition) is 2. The van der Waals surface area contributed by atoms with Crippen molar-refractivity contribution in [3.63, 3.8) is 0 Å². The predicted molar refractivity (Wildman–Crippen MR) is 65.2 cm³/mol. The Morgan fingerprint density at radius 3 is 2.58 bits per heavy atom. The highest BCUT2D eigenvalue weighted by molar-refractivity contribution is 5.93. The van der Waals surface area contributed by atoms with Gasteiger partial charge in [0.25, 0.3) is 0 Å². The summed E-state index contributed by atoms with van der Waals surface area (Å²) in [4.78, 5) is 22.0. The zero-order valence-corrected chi connectivity index (χ0v) is 9.87. The van der Waals surface area contributed by atoms with E-state index in [2.05, 4.69) is 17.2 Å². The van der Waals surface area contributed by atoms with Crippen molar-refractivity contribution in [2.45, 2.75) is 6.42 Å². The van der Waals surface area contributed by atoms with Crippen LogP contribution in [0.4, 0.5) is 19.3 Å². The molecule has 0 aliphatic carbocycles. The predicted octanol–water partition coefficient (Wildman–Crippen LogP) is 2.36. The van der Waals surface area contributed by atoms with Crippen LogP contribution in [0.1, 0.15) is 16.8 Å². The van der Waals surface area contributed by atoms with Crippen LogP contribution < -0.4 is 10.6 Å². The Kier molecular flexibility index (Phi) is 4.99. The van der Waals surface area contributed by atoms with E-state index >= 15 is 0 Å². The van der Waals surface area contributed by atoms with Gasteiger partial charge in [-0.15, -0.1) is 6.58 Å². The molecule has 0 heterocycles. The molecule has 0 radical (unpaired) electrons. The fourth-order valence-corrected chi connectivity index (χ4v) is 1.26. The highest BCUT2D eigenvalue weighted by atomic mass is 19.1. The molecule has 0 saturated carbocycles. The van der Waals surface area contributed by atoms with Crippen LogP contribution in [0.2, 0.25) is 0 Å². The topological polar surface area (TPSA) is 78.4 Å². The number of hydrogen-bond donors (Lipinski definition) is 3. The molecule has 0 unspecified atom stereocenters. The lowest BCUT2D eigenvalue weighted by Gasteiger charge is -2.09. The second-order valence-corrected chi connectivity index (χ2v) is 3.58. The van der Waals surface area contributed by atoms with Gasteiger partial charge >= 0.3 is 12.0 Å². The van der Waals surface area contributed by atoms with Gasteiger partial charge in [-0.1, -0.05) is 6.08 Å². The largest absolute Gasteiger partial charge is 0.478 e. The summed E-state index contributed by atoms with van der Waals surface area (Å²) >= 11 is 0. The van der Waals surface area contributed by atoms with Crippen molar-refractivity contribution < 1.29 is 23.5 Å². The van der Waals surface area contributed by atoms with Crippen LogP contribution in [0, 0.1) is 11.6 Å². The fraction of sp³-hybridized carbons (Fsp3) is 0.167. The molecule has 5 nitrogen and oxygen atoms in total. The Morgan fingerprint density at radius 2 is 2.00 bits per heavy atom. The Morgan fingerprint density at radius 1 is 1.32 bits per heavy atom. The van der Waals surface area contributed by atoms with Crippen LogP contribution in [0.5, 0.6) is 0 Å². The highest BCUT2D eigenvalue weighted by Gasteiger charge is 2.16. The van der Waals surface area contributed by atoms with E-state index in [-0.39, 0.29) is 0 Å². The molecule has 0 bridgehead atoms. The molecule has 3 N–H and O–H groups in total. The summed E-state index contributed by atoms with van der Waals surface area (Å²) in [5, 5.41) is 13.2. The number of aromatic carboxylic acids is 1. The summed E-state index contributed by atoms with van der Waals surface area (Å²) < 4.78 is 26.5. The van der Waals surface area contributed by atoms with Gasteiger partial charge in [-0.2, -0.15) is 0 Å². The van der Waals surface area contributed by atoms with Gasteiger partial charge in [0, 0.05) is 12.6 Å². The lowest BCUT2D eigenvalue weighted by atomic mass is 10.2. The number of nitrogens with one attached hydrogen (secondary N) is 2. The Hall–Kier alpha value is -2.44. The summed E-state index contributed by atoms with van der Waals surface area (Å²) in [6.45, 7) is 3.75. The van der Waals surface area contributed by atoms with Crippen LogP contribution >= 0.6 is 0 Å². The molecule has 19 heavy (non-hydrogen) atoms. The molecular weight excluding hydrogens is 258 g/mol. The first-order chi connectivity index (χ1) is 8.95. The van der Waals surface area contributed by atoms with Gasteiger partial charge in [-0.05, 0) is 12.5 Å². The number of urea groups is 1. The molecule has 1 rings (SSSR count). The second kappa shape index (κ2) is 6.48. The third-order valence-corrected chi connectivity index (χ3v) is 2.17. The molecule has 0 saturated heterocycles. The monoisotopic (exact) mass is 270 g/mol. The lowest BCUT2D eigenvalue weighted by molar-refractivity contribution is 0.0692. The summed E-state index contributed by atoms with van der Waals surface area (Å²) in [6, 6.07) is 0.409. The number of carboxylic acid groups (broad SMARTS) is 1. The van der Waals surface area contributed by atoms with Crippen LogP contribution in [-0.2, 0) is 0 Å². The number of amides is 2. The van der Waals surface area contributed by atoms with Gasteiger partial charge in [0.05, 0.1) is 11.3 Å². The quantitative estimate of drug-likeness (QED) is 0.567. The van der Waals surface area contributed by atoms with E-state index in [0.29, 0.717) is 19.0 Å². The van der Waals surface area contributed by atoms with E-state index in [9.17, 15) is 18.4 Å². The second-order valence-electron chi connectivity index (χ2n) is 3.58. The highest BCUT2D eigenvalue weighted by Crippen LogP contribution is 2.19. The van der Waals surface area contributed by atoms with Crippen molar-refractivity contribution in [1.82, 2.24) is 5.32 Å². The van der Waals surface area contributed by atoms with E-state index in [1.165, 1.54) is 0 Å². The molecule has 0 aliphatic heterocycles. The van der Waals surface area contributed by atoms with Gasteiger partial charge < -0.3 is 15.7 Å². The van der Waals surface area contributed by atoms with E-state index in [0.717, 1.165) is 6.07 Å². The van der Waals surface area contributed by atoms with Crippen molar-refractivity contribution in [3.8, 4) is 0 Å². The first-order valence-electron chi connectivity index (χ1n) is 5.33. The maximum absolute atomic E-state index is 13.4. The molecule has 0 aliphatic rings. The van der Waals surface area contributed by atoms with Gasteiger partial charge in [-0.3, -0.25) is 0 Å². The number of anilines is 1. The van der Waals surface area contributed by atoms with E-state index in [4.69, 9.17) is 5.11 Å². The number of carbonyl (C=O) groups excluding carboxylic acids is 1. The zero-order valence-electron chi connectivity index (χ0n) is 9.87. The van der Waals surface area contributed by atoms with Crippen LogP contribution in [0.25, 0.3) is 0 Å². The summed E-state index contributed by atoms with van der Waals surface area (Å²) in [5.41, 5.74) is -1.13. The number of carbonyl (C=O) groups is 2. The van der Waals surface area contributed by atoms with Crippen LogP contribution in [0.15, 0.2) is 24.8 Å². The van der Waals surface area contributed by atoms with Gasteiger partial charge in [0.2, 0.25) is 0 Å².